The Labute approximate surface area is 102 Å². The normalized spacial score (nSPS) is 11.5. The summed E-state index contributed by atoms with van der Waals surface area (Å²) in [6.45, 7) is 4.65. The number of aromatic nitrogens is 1. The topological polar surface area (TPSA) is 31.4 Å². The fourth-order valence-electron chi connectivity index (χ4n) is 1.08. The molecule has 4 heteroatoms. The van der Waals surface area contributed by atoms with Crippen LogP contribution in [0.25, 0.3) is 0 Å². The lowest BCUT2D eigenvalue weighted by Gasteiger charge is -2.22. The quantitative estimate of drug-likeness (QED) is 0.720. The molecule has 1 aromatic rings. The molecule has 0 radical (unpaired) electrons. The first kappa shape index (κ1) is 13.3. The van der Waals surface area contributed by atoms with Crippen LogP contribution >= 0.6 is 11.6 Å². The molecule has 1 rings (SSSR count). The maximum Gasteiger partial charge on any atom is 0.213 e. The van der Waals surface area contributed by atoms with Gasteiger partial charge in [0.15, 0.2) is 0 Å². The number of methoxy groups -OCH3 is 1. The molecule has 0 aromatic carbocycles. The smallest absolute Gasteiger partial charge is 0.213 e. The van der Waals surface area contributed by atoms with Gasteiger partial charge in [0.1, 0.15) is 0 Å². The van der Waals surface area contributed by atoms with E-state index in [1.165, 1.54) is 0 Å². The van der Waals surface area contributed by atoms with Crippen molar-refractivity contribution in [3.63, 3.8) is 0 Å². The molecule has 0 aliphatic heterocycles. The van der Waals surface area contributed by atoms with E-state index in [0.29, 0.717) is 18.4 Å². The zero-order chi connectivity index (χ0) is 12.0. The number of halogens is 1. The van der Waals surface area contributed by atoms with E-state index >= 15 is 0 Å². The Hall–Kier alpha value is -0.800. The maximum absolute atomic E-state index is 5.66. The SMILES string of the molecule is COC(C)(C)CCOc1ccc(CCl)cn1. The van der Waals surface area contributed by atoms with Crippen molar-refractivity contribution in [2.45, 2.75) is 31.7 Å². The van der Waals surface area contributed by atoms with Crippen molar-refractivity contribution in [1.29, 1.82) is 0 Å². The van der Waals surface area contributed by atoms with Crippen LogP contribution in [0.4, 0.5) is 0 Å². The van der Waals surface area contributed by atoms with Crippen molar-refractivity contribution in [2.24, 2.45) is 0 Å². The number of rotatable bonds is 6. The van der Waals surface area contributed by atoms with Crippen LogP contribution in [0, 0.1) is 0 Å². The van der Waals surface area contributed by atoms with Crippen molar-refractivity contribution in [3.05, 3.63) is 23.9 Å². The standard InChI is InChI=1S/C12H18ClNO2/c1-12(2,15-3)6-7-16-11-5-4-10(8-13)9-14-11/h4-5,9H,6-8H2,1-3H3. The summed E-state index contributed by atoms with van der Waals surface area (Å²) < 4.78 is 10.8. The van der Waals surface area contributed by atoms with Gasteiger partial charge in [-0.25, -0.2) is 4.98 Å². The van der Waals surface area contributed by atoms with Crippen LogP contribution in [0.15, 0.2) is 18.3 Å². The predicted molar refractivity (Wildman–Crippen MR) is 65.0 cm³/mol. The average molecular weight is 244 g/mol. The molecule has 1 aromatic heterocycles. The van der Waals surface area contributed by atoms with Crippen molar-refractivity contribution in [2.75, 3.05) is 13.7 Å². The fourth-order valence-corrected chi connectivity index (χ4v) is 1.24. The highest BCUT2D eigenvalue weighted by atomic mass is 35.5. The first-order valence-electron chi connectivity index (χ1n) is 5.26. The Morgan fingerprint density at radius 1 is 1.38 bits per heavy atom. The molecular weight excluding hydrogens is 226 g/mol. The Bertz CT molecular complexity index is 311. The van der Waals surface area contributed by atoms with E-state index in [1.807, 2.05) is 26.0 Å². The van der Waals surface area contributed by atoms with Crippen LogP contribution in [0.2, 0.25) is 0 Å². The van der Waals surface area contributed by atoms with Gasteiger partial charge in [-0.05, 0) is 19.4 Å². The van der Waals surface area contributed by atoms with Gasteiger partial charge in [0, 0.05) is 31.7 Å². The molecule has 0 N–H and O–H groups in total. The Morgan fingerprint density at radius 2 is 2.12 bits per heavy atom. The van der Waals surface area contributed by atoms with Crippen LogP contribution in [-0.2, 0) is 10.6 Å². The highest BCUT2D eigenvalue weighted by Crippen LogP contribution is 2.14. The third-order valence-corrected chi connectivity index (χ3v) is 2.77. The summed E-state index contributed by atoms with van der Waals surface area (Å²) in [5.41, 5.74) is 0.835. The number of hydrogen-bond donors (Lipinski definition) is 0. The van der Waals surface area contributed by atoms with E-state index in [-0.39, 0.29) is 5.60 Å². The molecule has 0 atom stereocenters. The third-order valence-electron chi connectivity index (χ3n) is 2.46. The second-order valence-corrected chi connectivity index (χ2v) is 4.47. The summed E-state index contributed by atoms with van der Waals surface area (Å²) in [4.78, 5) is 4.15. The van der Waals surface area contributed by atoms with Gasteiger partial charge >= 0.3 is 0 Å². The lowest BCUT2D eigenvalue weighted by atomic mass is 10.1. The van der Waals surface area contributed by atoms with Gasteiger partial charge in [0.05, 0.1) is 12.2 Å². The first-order chi connectivity index (χ1) is 7.57. The van der Waals surface area contributed by atoms with Gasteiger partial charge in [-0.1, -0.05) is 6.07 Å². The average Bonchev–Trinajstić information content (AvgIpc) is 2.30. The number of alkyl halides is 1. The van der Waals surface area contributed by atoms with Crippen LogP contribution < -0.4 is 4.74 Å². The summed E-state index contributed by atoms with van der Waals surface area (Å²) in [5.74, 6) is 1.10. The molecule has 90 valence electrons. The fraction of sp³-hybridized carbons (Fsp3) is 0.583. The van der Waals surface area contributed by atoms with Crippen molar-refractivity contribution in [1.82, 2.24) is 4.98 Å². The van der Waals surface area contributed by atoms with E-state index in [0.717, 1.165) is 12.0 Å². The van der Waals surface area contributed by atoms with Gasteiger partial charge in [-0.2, -0.15) is 0 Å². The lowest BCUT2D eigenvalue weighted by Crippen LogP contribution is -2.25. The maximum atomic E-state index is 5.66. The first-order valence-corrected chi connectivity index (χ1v) is 5.80. The van der Waals surface area contributed by atoms with Gasteiger partial charge < -0.3 is 9.47 Å². The molecule has 0 aliphatic carbocycles. The third kappa shape index (κ3) is 4.37. The second kappa shape index (κ2) is 6.06. The largest absolute Gasteiger partial charge is 0.478 e. The number of pyridine rings is 1. The molecule has 0 unspecified atom stereocenters. The predicted octanol–water partition coefficient (Wildman–Crippen LogP) is 3.01. The molecule has 0 spiro atoms. The second-order valence-electron chi connectivity index (χ2n) is 4.20. The van der Waals surface area contributed by atoms with Crippen LogP contribution in [0.3, 0.4) is 0 Å². The minimum absolute atomic E-state index is 0.157. The van der Waals surface area contributed by atoms with Gasteiger partial charge in [-0.3, -0.25) is 0 Å². The molecule has 0 bridgehead atoms. The Morgan fingerprint density at radius 3 is 2.62 bits per heavy atom. The molecule has 0 aliphatic rings. The van der Waals surface area contributed by atoms with Gasteiger partial charge in [-0.15, -0.1) is 11.6 Å². The summed E-state index contributed by atoms with van der Waals surface area (Å²) in [7, 11) is 1.70. The van der Waals surface area contributed by atoms with Crippen molar-refractivity contribution < 1.29 is 9.47 Å². The van der Waals surface area contributed by atoms with Crippen LogP contribution in [-0.4, -0.2) is 24.3 Å². The van der Waals surface area contributed by atoms with Crippen LogP contribution in [0.5, 0.6) is 5.88 Å². The Balaban J connectivity index is 2.37. The molecule has 1 heterocycles. The molecule has 0 fully saturated rings. The van der Waals surface area contributed by atoms with E-state index in [2.05, 4.69) is 4.98 Å². The highest BCUT2D eigenvalue weighted by molar-refractivity contribution is 6.17. The number of hydrogen-bond acceptors (Lipinski definition) is 3. The molecule has 16 heavy (non-hydrogen) atoms. The molecule has 3 nitrogen and oxygen atoms in total. The van der Waals surface area contributed by atoms with E-state index < -0.39 is 0 Å². The minimum Gasteiger partial charge on any atom is -0.478 e. The molecule has 0 saturated carbocycles. The molecule has 0 saturated heterocycles. The molecular formula is C12H18ClNO2. The van der Waals surface area contributed by atoms with E-state index in [9.17, 15) is 0 Å². The summed E-state index contributed by atoms with van der Waals surface area (Å²) in [5, 5.41) is 0. The van der Waals surface area contributed by atoms with E-state index in [1.54, 1.807) is 13.3 Å². The van der Waals surface area contributed by atoms with Crippen molar-refractivity contribution >= 4 is 11.6 Å². The summed E-state index contributed by atoms with van der Waals surface area (Å²) >= 11 is 5.66. The van der Waals surface area contributed by atoms with Gasteiger partial charge in [0.2, 0.25) is 5.88 Å². The molecule has 0 amide bonds. The highest BCUT2D eigenvalue weighted by Gasteiger charge is 2.15. The number of nitrogens with zero attached hydrogens (tertiary/aromatic N) is 1. The lowest BCUT2D eigenvalue weighted by molar-refractivity contribution is 0.00508. The summed E-state index contributed by atoms with van der Waals surface area (Å²) in [6, 6.07) is 3.74. The van der Waals surface area contributed by atoms with E-state index in [4.69, 9.17) is 21.1 Å². The monoisotopic (exact) mass is 243 g/mol. The number of ether oxygens (including phenoxy) is 2. The van der Waals surface area contributed by atoms with Crippen molar-refractivity contribution in [3.8, 4) is 5.88 Å². The zero-order valence-electron chi connectivity index (χ0n) is 10.00. The summed E-state index contributed by atoms with van der Waals surface area (Å²) in [6.07, 6.45) is 2.55. The zero-order valence-corrected chi connectivity index (χ0v) is 10.8. The van der Waals surface area contributed by atoms with Gasteiger partial charge in [0.25, 0.3) is 0 Å². The van der Waals surface area contributed by atoms with Crippen LogP contribution in [0.1, 0.15) is 25.8 Å². The Kier molecular flexibility index (Phi) is 5.03. The minimum atomic E-state index is -0.157.